The predicted octanol–water partition coefficient (Wildman–Crippen LogP) is 5.14. The van der Waals surface area contributed by atoms with Gasteiger partial charge in [0, 0.05) is 17.7 Å². The minimum atomic E-state index is -2.76. The van der Waals surface area contributed by atoms with Gasteiger partial charge in [0.15, 0.2) is 5.72 Å². The van der Waals surface area contributed by atoms with Crippen molar-refractivity contribution in [2.45, 2.75) is 109 Å². The van der Waals surface area contributed by atoms with Gasteiger partial charge in [-0.3, -0.25) is 4.90 Å². The van der Waals surface area contributed by atoms with E-state index in [-0.39, 0.29) is 13.2 Å². The van der Waals surface area contributed by atoms with E-state index >= 15 is 0 Å². The van der Waals surface area contributed by atoms with E-state index in [9.17, 15) is 19.7 Å². The van der Waals surface area contributed by atoms with E-state index in [1.807, 2.05) is 4.90 Å². The van der Waals surface area contributed by atoms with Crippen molar-refractivity contribution in [1.29, 1.82) is 0 Å². The lowest BCUT2D eigenvalue weighted by molar-refractivity contribution is -0.111. The first-order valence-corrected chi connectivity index (χ1v) is 12.5. The summed E-state index contributed by atoms with van der Waals surface area (Å²) in [5, 5.41) is 19.0. The first kappa shape index (κ1) is 27.9. The Morgan fingerprint density at radius 3 is 1.50 bits per heavy atom. The van der Waals surface area contributed by atoms with E-state index in [0.29, 0.717) is 25.9 Å². The summed E-state index contributed by atoms with van der Waals surface area (Å²) >= 11 is 0. The topological polar surface area (TPSA) is 90.2 Å². The minimum Gasteiger partial charge on any atom is -0.395 e. The molecule has 0 saturated carbocycles. The molecule has 0 aromatic rings. The van der Waals surface area contributed by atoms with Crippen molar-refractivity contribution in [3.63, 3.8) is 0 Å². The lowest BCUT2D eigenvalue weighted by Crippen LogP contribution is -2.52. The van der Waals surface area contributed by atoms with Crippen LogP contribution < -0.4 is 0 Å². The molecule has 0 fully saturated rings. The number of aliphatic hydroxyl groups is 2. The first-order valence-electron chi connectivity index (χ1n) is 11.4. The Labute approximate surface area is 173 Å². The number of hydrogen-bond donors (Lipinski definition) is 3. The molecule has 1 unspecified atom stereocenters. The lowest BCUT2D eigenvalue weighted by atomic mass is 9.95. The zero-order valence-corrected chi connectivity index (χ0v) is 19.2. The molecule has 7 heteroatoms. The van der Waals surface area contributed by atoms with Crippen LogP contribution in [0.5, 0.6) is 0 Å². The molecule has 1 atom stereocenters. The van der Waals surface area contributed by atoms with Gasteiger partial charge in [0.25, 0.3) is 0 Å². The standard InChI is InChI=1S/C21H44NO5P/c1-3-5-7-9-11-13-15-21(27-28(25)26,22(17-19-23)18-20-24)16-14-12-10-8-6-4-2/h23-24H,3-20H2,1-2H3/p+1. The Hall–Kier alpha value is -0.100. The molecule has 0 radical (unpaired) electrons. The fourth-order valence-electron chi connectivity index (χ4n) is 3.86. The molecular formula is C21H45NO5P+. The van der Waals surface area contributed by atoms with Gasteiger partial charge in [0.2, 0.25) is 0 Å². The number of unbranched alkanes of at least 4 members (excludes halogenated alkanes) is 10. The van der Waals surface area contributed by atoms with E-state index in [1.54, 1.807) is 0 Å². The van der Waals surface area contributed by atoms with Gasteiger partial charge in [0.05, 0.1) is 13.2 Å². The van der Waals surface area contributed by atoms with Gasteiger partial charge < -0.3 is 10.2 Å². The third-order valence-electron chi connectivity index (χ3n) is 5.41. The molecule has 6 nitrogen and oxygen atoms in total. The van der Waals surface area contributed by atoms with E-state index in [0.717, 1.165) is 38.5 Å². The predicted molar refractivity (Wildman–Crippen MR) is 115 cm³/mol. The molecule has 0 rings (SSSR count). The molecule has 28 heavy (non-hydrogen) atoms. The third kappa shape index (κ3) is 13.2. The monoisotopic (exact) mass is 422 g/mol. The van der Waals surface area contributed by atoms with E-state index < -0.39 is 14.0 Å². The van der Waals surface area contributed by atoms with Crippen LogP contribution in [-0.2, 0) is 9.09 Å². The van der Waals surface area contributed by atoms with E-state index in [2.05, 4.69) is 13.8 Å². The average Bonchev–Trinajstić information content (AvgIpc) is 2.66. The summed E-state index contributed by atoms with van der Waals surface area (Å²) in [6.07, 6.45) is 14.9. The number of rotatable bonds is 21. The van der Waals surface area contributed by atoms with Crippen molar-refractivity contribution in [3.05, 3.63) is 0 Å². The number of aliphatic hydroxyl groups excluding tert-OH is 2. The molecule has 3 N–H and O–H groups in total. The maximum absolute atomic E-state index is 11.7. The van der Waals surface area contributed by atoms with Crippen LogP contribution in [0, 0.1) is 0 Å². The fraction of sp³-hybridized carbons (Fsp3) is 1.00. The summed E-state index contributed by atoms with van der Waals surface area (Å²) in [6, 6.07) is 0. The molecular weight excluding hydrogens is 377 g/mol. The van der Waals surface area contributed by atoms with Gasteiger partial charge in [-0.1, -0.05) is 82.6 Å². The van der Waals surface area contributed by atoms with Crippen LogP contribution in [0.25, 0.3) is 0 Å². The highest BCUT2D eigenvalue weighted by Gasteiger charge is 2.44. The summed E-state index contributed by atoms with van der Waals surface area (Å²) in [4.78, 5) is 11.4. The van der Waals surface area contributed by atoms with Crippen molar-refractivity contribution in [1.82, 2.24) is 4.90 Å². The summed E-state index contributed by atoms with van der Waals surface area (Å²) in [6.45, 7) is 4.91. The van der Waals surface area contributed by atoms with Gasteiger partial charge >= 0.3 is 8.25 Å². The lowest BCUT2D eigenvalue weighted by Gasteiger charge is -2.39. The van der Waals surface area contributed by atoms with Crippen LogP contribution in [0.4, 0.5) is 0 Å². The minimum absolute atomic E-state index is 0.0691. The molecule has 0 aliphatic heterocycles. The molecule has 0 aliphatic rings. The SMILES string of the molecule is CCCCCCCCC(CCCCCCCC)(O[P+](=O)O)N(CCO)CCO. The van der Waals surface area contributed by atoms with Crippen molar-refractivity contribution < 1.29 is 24.2 Å². The quantitative estimate of drug-likeness (QED) is 0.135. The molecule has 0 aliphatic carbocycles. The molecule has 0 amide bonds. The van der Waals surface area contributed by atoms with Gasteiger partial charge in [-0.25, -0.2) is 0 Å². The molecule has 0 bridgehead atoms. The second kappa shape index (κ2) is 18.9. The van der Waals surface area contributed by atoms with Crippen LogP contribution in [0.3, 0.4) is 0 Å². The van der Waals surface area contributed by atoms with Gasteiger partial charge in [-0.15, -0.1) is 4.89 Å². The highest BCUT2D eigenvalue weighted by Crippen LogP contribution is 2.38. The number of hydrogen-bond acceptors (Lipinski definition) is 5. The maximum atomic E-state index is 11.7. The van der Waals surface area contributed by atoms with Crippen LogP contribution in [0.1, 0.15) is 104 Å². The average molecular weight is 423 g/mol. The van der Waals surface area contributed by atoms with Crippen LogP contribution >= 0.6 is 8.25 Å². The van der Waals surface area contributed by atoms with Gasteiger partial charge in [-0.05, 0) is 25.7 Å². The Balaban J connectivity index is 5.00. The largest absolute Gasteiger partial charge is 0.696 e. The van der Waals surface area contributed by atoms with Gasteiger partial charge in [0.1, 0.15) is 0 Å². The Morgan fingerprint density at radius 1 is 0.750 bits per heavy atom. The second-order valence-corrected chi connectivity index (χ2v) is 8.40. The van der Waals surface area contributed by atoms with Crippen molar-refractivity contribution in [3.8, 4) is 0 Å². The third-order valence-corrected chi connectivity index (χ3v) is 5.90. The first-order chi connectivity index (χ1) is 13.6. The highest BCUT2D eigenvalue weighted by atomic mass is 31.1. The van der Waals surface area contributed by atoms with Crippen molar-refractivity contribution in [2.24, 2.45) is 0 Å². The zero-order chi connectivity index (χ0) is 21.1. The summed E-state index contributed by atoms with van der Waals surface area (Å²) in [7, 11) is -2.76. The second-order valence-electron chi connectivity index (χ2n) is 7.75. The van der Waals surface area contributed by atoms with Crippen molar-refractivity contribution in [2.75, 3.05) is 26.3 Å². The maximum Gasteiger partial charge on any atom is 0.696 e. The summed E-state index contributed by atoms with van der Waals surface area (Å²) in [5.74, 6) is 0. The molecule has 0 aromatic heterocycles. The Bertz CT molecular complexity index is 349. The molecule has 168 valence electrons. The summed E-state index contributed by atoms with van der Waals surface area (Å²) in [5.41, 5.74) is -0.886. The van der Waals surface area contributed by atoms with E-state index in [4.69, 9.17) is 4.52 Å². The van der Waals surface area contributed by atoms with Crippen LogP contribution in [0.15, 0.2) is 0 Å². The Morgan fingerprint density at radius 2 is 1.14 bits per heavy atom. The number of nitrogens with zero attached hydrogens (tertiary/aromatic N) is 1. The summed E-state index contributed by atoms with van der Waals surface area (Å²) < 4.78 is 17.3. The van der Waals surface area contributed by atoms with Crippen LogP contribution in [-0.4, -0.2) is 52.0 Å². The van der Waals surface area contributed by atoms with E-state index in [1.165, 1.54) is 38.5 Å². The van der Waals surface area contributed by atoms with Crippen LogP contribution in [0.2, 0.25) is 0 Å². The molecule has 0 aromatic carbocycles. The Kier molecular flexibility index (Phi) is 18.8. The highest BCUT2D eigenvalue weighted by molar-refractivity contribution is 7.32. The fourth-order valence-corrected chi connectivity index (χ4v) is 4.45. The molecule has 0 heterocycles. The normalized spacial score (nSPS) is 12.7. The molecule has 0 spiro atoms. The van der Waals surface area contributed by atoms with Gasteiger partial charge in [-0.2, -0.15) is 0 Å². The molecule has 0 saturated heterocycles. The zero-order valence-electron chi connectivity index (χ0n) is 18.3. The smallest absolute Gasteiger partial charge is 0.395 e. The van der Waals surface area contributed by atoms with Crippen molar-refractivity contribution >= 4 is 8.25 Å².